The highest BCUT2D eigenvalue weighted by atomic mass is 16.5. The van der Waals surface area contributed by atoms with Gasteiger partial charge >= 0.3 is 5.97 Å². The van der Waals surface area contributed by atoms with Crippen molar-refractivity contribution in [1.29, 1.82) is 0 Å². The number of hydrogen-bond acceptors (Lipinski definition) is 10. The average Bonchev–Trinajstić information content (AvgIpc) is 3.05. The quantitative estimate of drug-likeness (QED) is 0.148. The number of unbranched alkanes of at least 4 members (excludes halogenated alkanes) is 1. The summed E-state index contributed by atoms with van der Waals surface area (Å²) in [6.07, 6.45) is 10.6. The minimum atomic E-state index is -0.925. The van der Waals surface area contributed by atoms with Crippen molar-refractivity contribution in [2.75, 3.05) is 43.4 Å². The monoisotopic (exact) mass is 610 g/mol. The molecule has 5 rings (SSSR count). The molecule has 236 valence electrons. The summed E-state index contributed by atoms with van der Waals surface area (Å²) in [4.78, 5) is 36.9. The molecule has 0 spiro atoms. The van der Waals surface area contributed by atoms with Gasteiger partial charge in [0.15, 0.2) is 5.82 Å². The first-order valence-electron chi connectivity index (χ1n) is 15.7. The topological polar surface area (TPSA) is 138 Å². The number of rotatable bonds is 16. The smallest absolute Gasteiger partial charge is 0.326 e. The fourth-order valence-electron chi connectivity index (χ4n) is 5.34. The van der Waals surface area contributed by atoms with Crippen molar-refractivity contribution in [2.24, 2.45) is 0 Å². The number of carboxylic acid groups (broad SMARTS) is 1. The van der Waals surface area contributed by atoms with Crippen LogP contribution in [0, 0.1) is 13.8 Å². The molecule has 4 aromatic rings. The third-order valence-corrected chi connectivity index (χ3v) is 7.82. The molecule has 1 aliphatic heterocycles. The molecular weight excluding hydrogens is 568 g/mol. The Morgan fingerprint density at radius 1 is 1.02 bits per heavy atom. The number of nitrogens with one attached hydrogen (secondary N) is 2. The van der Waals surface area contributed by atoms with Crippen LogP contribution in [0.25, 0.3) is 11.4 Å². The Bertz CT molecular complexity index is 1530. The molecule has 11 nitrogen and oxygen atoms in total. The average molecular weight is 611 g/mol. The van der Waals surface area contributed by atoms with Crippen LogP contribution in [0.5, 0.6) is 5.75 Å². The van der Waals surface area contributed by atoms with Gasteiger partial charge in [0, 0.05) is 60.7 Å². The first-order chi connectivity index (χ1) is 21.9. The molecule has 3 N–H and O–H groups in total. The van der Waals surface area contributed by atoms with E-state index in [0.29, 0.717) is 37.8 Å². The number of carboxylic acids is 1. The van der Waals surface area contributed by atoms with Crippen LogP contribution in [-0.4, -0.2) is 79.7 Å². The summed E-state index contributed by atoms with van der Waals surface area (Å²) in [5.74, 6) is 1.84. The highest BCUT2D eigenvalue weighted by Crippen LogP contribution is 2.21. The molecule has 1 atom stereocenters. The molecule has 0 radical (unpaired) electrons. The van der Waals surface area contributed by atoms with Gasteiger partial charge in [-0.3, -0.25) is 14.9 Å². The van der Waals surface area contributed by atoms with Crippen molar-refractivity contribution in [3.05, 3.63) is 83.7 Å². The van der Waals surface area contributed by atoms with E-state index in [1.54, 1.807) is 24.7 Å². The van der Waals surface area contributed by atoms with Crippen LogP contribution in [0.15, 0.2) is 61.1 Å². The molecule has 0 saturated heterocycles. The number of carbonyl (C=O) groups is 1. The number of aromatic nitrogens is 5. The maximum absolute atomic E-state index is 12.3. The van der Waals surface area contributed by atoms with Crippen molar-refractivity contribution < 1.29 is 14.6 Å². The largest absolute Gasteiger partial charge is 0.491 e. The van der Waals surface area contributed by atoms with E-state index >= 15 is 0 Å². The molecule has 0 amide bonds. The van der Waals surface area contributed by atoms with Gasteiger partial charge in [0.25, 0.3) is 0 Å². The van der Waals surface area contributed by atoms with Crippen molar-refractivity contribution in [3.63, 3.8) is 0 Å². The number of pyridine rings is 3. The van der Waals surface area contributed by atoms with E-state index in [1.165, 1.54) is 5.56 Å². The molecule has 0 saturated carbocycles. The molecule has 45 heavy (non-hydrogen) atoms. The molecule has 0 unspecified atom stereocenters. The lowest BCUT2D eigenvalue weighted by Crippen LogP contribution is -2.37. The zero-order chi connectivity index (χ0) is 31.4. The van der Waals surface area contributed by atoms with Crippen LogP contribution < -0.4 is 15.4 Å². The predicted octanol–water partition coefficient (Wildman–Crippen LogP) is 4.96. The molecular formula is C34H42N8O3. The van der Waals surface area contributed by atoms with Crippen molar-refractivity contribution in [1.82, 2.24) is 29.8 Å². The van der Waals surface area contributed by atoms with Gasteiger partial charge < -0.3 is 20.5 Å². The van der Waals surface area contributed by atoms with E-state index in [-0.39, 0.29) is 0 Å². The zero-order valence-corrected chi connectivity index (χ0v) is 26.1. The van der Waals surface area contributed by atoms with Crippen LogP contribution in [0.4, 0.5) is 11.6 Å². The fraction of sp³-hybridized carbons (Fsp3) is 0.412. The van der Waals surface area contributed by atoms with E-state index in [9.17, 15) is 9.90 Å². The molecule has 1 aliphatic rings. The number of ether oxygens (including phenoxy) is 1. The van der Waals surface area contributed by atoms with Gasteiger partial charge in [-0.2, -0.15) is 0 Å². The van der Waals surface area contributed by atoms with E-state index in [1.807, 2.05) is 38.1 Å². The predicted molar refractivity (Wildman–Crippen MR) is 175 cm³/mol. The third-order valence-electron chi connectivity index (χ3n) is 7.82. The first-order valence-corrected chi connectivity index (χ1v) is 15.7. The summed E-state index contributed by atoms with van der Waals surface area (Å²) in [7, 11) is 0. The lowest BCUT2D eigenvalue weighted by molar-refractivity contribution is -0.138. The van der Waals surface area contributed by atoms with E-state index in [2.05, 4.69) is 47.6 Å². The number of aliphatic carboxylic acids is 1. The van der Waals surface area contributed by atoms with Gasteiger partial charge in [-0.25, -0.2) is 19.7 Å². The lowest BCUT2D eigenvalue weighted by Gasteiger charge is -2.25. The van der Waals surface area contributed by atoms with Gasteiger partial charge in [0.05, 0.1) is 6.20 Å². The number of aryl methyl sites for hydroxylation is 4. The summed E-state index contributed by atoms with van der Waals surface area (Å²) >= 11 is 0. The van der Waals surface area contributed by atoms with Gasteiger partial charge in [-0.15, -0.1) is 0 Å². The SMILES string of the molecule is Cc1ccc(OCCN(CCCCc2ccc3c(n2)NCCC3)CC[C@H](Nc2cc(C)nc(-c3ccncc3)n2)C(=O)O)cn1. The molecule has 4 aromatic heterocycles. The zero-order valence-electron chi connectivity index (χ0n) is 26.1. The Labute approximate surface area is 264 Å². The maximum atomic E-state index is 12.3. The highest BCUT2D eigenvalue weighted by molar-refractivity contribution is 5.77. The number of nitrogens with zero attached hydrogens (tertiary/aromatic N) is 6. The van der Waals surface area contributed by atoms with Crippen molar-refractivity contribution in [3.8, 4) is 17.1 Å². The van der Waals surface area contributed by atoms with Gasteiger partial charge in [-0.05, 0) is 94.8 Å². The van der Waals surface area contributed by atoms with E-state index in [0.717, 1.165) is 79.4 Å². The second kappa shape index (κ2) is 15.9. The number of fused-ring (bicyclic) bond motifs is 1. The maximum Gasteiger partial charge on any atom is 0.326 e. The summed E-state index contributed by atoms with van der Waals surface area (Å²) in [5.41, 5.74) is 4.91. The number of anilines is 2. The van der Waals surface area contributed by atoms with Crippen LogP contribution in [0.1, 0.15) is 48.3 Å². The molecule has 11 heteroatoms. The van der Waals surface area contributed by atoms with Crippen LogP contribution in [0.3, 0.4) is 0 Å². The van der Waals surface area contributed by atoms with E-state index < -0.39 is 12.0 Å². The van der Waals surface area contributed by atoms with E-state index in [4.69, 9.17) is 9.72 Å². The minimum Gasteiger partial charge on any atom is -0.491 e. The normalized spacial score (nSPS) is 13.1. The third kappa shape index (κ3) is 9.67. The van der Waals surface area contributed by atoms with Gasteiger partial charge in [0.2, 0.25) is 0 Å². The first kappa shape index (κ1) is 31.8. The number of hydrogen-bond donors (Lipinski definition) is 3. The summed E-state index contributed by atoms with van der Waals surface area (Å²) < 4.78 is 5.96. The van der Waals surface area contributed by atoms with Crippen LogP contribution in [0.2, 0.25) is 0 Å². The van der Waals surface area contributed by atoms with Crippen molar-refractivity contribution in [2.45, 2.75) is 58.4 Å². The highest BCUT2D eigenvalue weighted by Gasteiger charge is 2.20. The molecule has 5 heterocycles. The standard InChI is InChI=1S/C34H42N8O3/c1-24-8-11-29(23-37-24)45-21-20-42(18-4-3-7-28-10-9-26-6-5-15-36-32(26)39-28)19-14-30(34(43)44)40-31-22-25(2)38-33(41-31)27-12-16-35-17-13-27/h8-13,16-17,22-23,30H,3-7,14-15,18-21H2,1-2H3,(H,36,39)(H,43,44)(H,38,40,41)/t30-/m0/s1. The van der Waals surface area contributed by atoms with Crippen LogP contribution in [-0.2, 0) is 17.6 Å². The molecule has 0 aromatic carbocycles. The Balaban J connectivity index is 1.18. The Kier molecular flexibility index (Phi) is 11.2. The summed E-state index contributed by atoms with van der Waals surface area (Å²) in [6, 6.07) is 12.8. The summed E-state index contributed by atoms with van der Waals surface area (Å²) in [5, 5.41) is 16.7. The lowest BCUT2D eigenvalue weighted by atomic mass is 10.1. The second-order valence-electron chi connectivity index (χ2n) is 11.4. The fourth-order valence-corrected chi connectivity index (χ4v) is 5.34. The Hall–Kier alpha value is -4.64. The molecule has 0 aliphatic carbocycles. The molecule has 0 bridgehead atoms. The Morgan fingerprint density at radius 2 is 1.89 bits per heavy atom. The minimum absolute atomic E-state index is 0.396. The summed E-state index contributed by atoms with van der Waals surface area (Å²) in [6.45, 7) is 7.35. The second-order valence-corrected chi connectivity index (χ2v) is 11.4. The Morgan fingerprint density at radius 3 is 2.69 bits per heavy atom. The molecule has 0 fully saturated rings. The van der Waals surface area contributed by atoms with Crippen LogP contribution >= 0.6 is 0 Å². The van der Waals surface area contributed by atoms with Gasteiger partial charge in [-0.1, -0.05) is 6.07 Å². The van der Waals surface area contributed by atoms with Crippen molar-refractivity contribution >= 4 is 17.6 Å². The van der Waals surface area contributed by atoms with Gasteiger partial charge in [0.1, 0.15) is 30.0 Å².